The predicted molar refractivity (Wildman–Crippen MR) is 118 cm³/mol. The van der Waals surface area contributed by atoms with E-state index in [-0.39, 0.29) is 18.3 Å². The highest BCUT2D eigenvalue weighted by atomic mass is 19.1. The zero-order chi connectivity index (χ0) is 21.6. The first kappa shape index (κ1) is 20.7. The van der Waals surface area contributed by atoms with Gasteiger partial charge in [0.2, 0.25) is 0 Å². The number of para-hydroxylation sites is 1. The van der Waals surface area contributed by atoms with Gasteiger partial charge in [-0.05, 0) is 43.4 Å². The Hall–Kier alpha value is -3.52. The Morgan fingerprint density at radius 2 is 1.84 bits per heavy atom. The highest BCUT2D eigenvalue weighted by molar-refractivity contribution is 5.92. The van der Waals surface area contributed by atoms with Crippen molar-refractivity contribution in [1.29, 1.82) is 0 Å². The number of hydrogen-bond acceptors (Lipinski definition) is 6. The van der Waals surface area contributed by atoms with Crippen LogP contribution >= 0.6 is 0 Å². The molecule has 1 amide bonds. The van der Waals surface area contributed by atoms with Gasteiger partial charge < -0.3 is 19.9 Å². The number of anilines is 2. The highest BCUT2D eigenvalue weighted by Crippen LogP contribution is 2.22. The predicted octanol–water partition coefficient (Wildman–Crippen LogP) is 3.05. The van der Waals surface area contributed by atoms with Gasteiger partial charge in [0, 0.05) is 37.4 Å². The van der Waals surface area contributed by atoms with Crippen molar-refractivity contribution in [2.24, 2.45) is 0 Å². The van der Waals surface area contributed by atoms with Crippen LogP contribution in [0.2, 0.25) is 0 Å². The summed E-state index contributed by atoms with van der Waals surface area (Å²) >= 11 is 0. The molecule has 7 nitrogen and oxygen atoms in total. The number of ether oxygens (including phenoxy) is 1. The van der Waals surface area contributed by atoms with E-state index in [1.54, 1.807) is 18.2 Å². The third-order valence-corrected chi connectivity index (χ3v) is 5.12. The molecule has 0 spiro atoms. The van der Waals surface area contributed by atoms with Crippen molar-refractivity contribution in [2.45, 2.75) is 0 Å². The maximum absolute atomic E-state index is 13.6. The third-order valence-electron chi connectivity index (χ3n) is 5.12. The summed E-state index contributed by atoms with van der Waals surface area (Å²) in [5.41, 5.74) is 2.16. The smallest absolute Gasteiger partial charge is 0.262 e. The topological polar surface area (TPSA) is 70.6 Å². The van der Waals surface area contributed by atoms with Gasteiger partial charge in [-0.1, -0.05) is 24.3 Å². The van der Waals surface area contributed by atoms with Gasteiger partial charge in [-0.25, -0.2) is 4.39 Å². The van der Waals surface area contributed by atoms with Gasteiger partial charge in [-0.3, -0.25) is 4.79 Å². The van der Waals surface area contributed by atoms with Crippen LogP contribution in [0.1, 0.15) is 0 Å². The van der Waals surface area contributed by atoms with Gasteiger partial charge in [0.15, 0.2) is 24.0 Å². The van der Waals surface area contributed by atoms with E-state index in [2.05, 4.69) is 32.4 Å². The number of benzene rings is 2. The summed E-state index contributed by atoms with van der Waals surface area (Å²) in [6, 6.07) is 17.2. The first-order valence-corrected chi connectivity index (χ1v) is 10.1. The first-order chi connectivity index (χ1) is 15.1. The van der Waals surface area contributed by atoms with E-state index >= 15 is 0 Å². The second-order valence-corrected chi connectivity index (χ2v) is 7.42. The lowest BCUT2D eigenvalue weighted by molar-refractivity contribution is -0.118. The number of amides is 1. The molecule has 0 bridgehead atoms. The van der Waals surface area contributed by atoms with Crippen molar-refractivity contribution in [3.8, 4) is 17.0 Å². The molecule has 0 aliphatic carbocycles. The monoisotopic (exact) mass is 421 g/mol. The second kappa shape index (κ2) is 9.53. The molecule has 8 heteroatoms. The van der Waals surface area contributed by atoms with Gasteiger partial charge in [0.05, 0.1) is 5.69 Å². The van der Waals surface area contributed by atoms with Crippen LogP contribution in [0.25, 0.3) is 11.3 Å². The molecule has 2 aromatic carbocycles. The summed E-state index contributed by atoms with van der Waals surface area (Å²) in [4.78, 5) is 16.7. The normalized spacial score (nSPS) is 14.3. The number of nitrogens with zero attached hydrogens (tertiary/aromatic N) is 4. The van der Waals surface area contributed by atoms with Crippen LogP contribution in [0.4, 0.5) is 15.9 Å². The van der Waals surface area contributed by atoms with Crippen LogP contribution < -0.4 is 15.0 Å². The average Bonchev–Trinajstić information content (AvgIpc) is 2.79. The maximum atomic E-state index is 13.6. The van der Waals surface area contributed by atoms with Gasteiger partial charge in [0.1, 0.15) is 0 Å². The zero-order valence-corrected chi connectivity index (χ0v) is 17.3. The van der Waals surface area contributed by atoms with Gasteiger partial charge in [-0.2, -0.15) is 0 Å². The van der Waals surface area contributed by atoms with E-state index in [9.17, 15) is 9.18 Å². The molecule has 160 valence electrons. The summed E-state index contributed by atoms with van der Waals surface area (Å²) in [5, 5.41) is 11.5. The van der Waals surface area contributed by atoms with Gasteiger partial charge in [0.25, 0.3) is 5.91 Å². The van der Waals surface area contributed by atoms with Crippen LogP contribution in [0.15, 0.2) is 60.7 Å². The minimum atomic E-state index is -0.504. The third kappa shape index (κ3) is 5.35. The highest BCUT2D eigenvalue weighted by Gasteiger charge is 2.16. The largest absolute Gasteiger partial charge is 0.481 e. The maximum Gasteiger partial charge on any atom is 0.262 e. The quantitative estimate of drug-likeness (QED) is 0.660. The molecule has 0 radical (unpaired) electrons. The molecule has 3 aromatic rings. The van der Waals surface area contributed by atoms with Crippen molar-refractivity contribution in [3.63, 3.8) is 0 Å². The fourth-order valence-electron chi connectivity index (χ4n) is 3.34. The van der Waals surface area contributed by atoms with Gasteiger partial charge >= 0.3 is 0 Å². The van der Waals surface area contributed by atoms with E-state index in [0.717, 1.165) is 43.3 Å². The molecular formula is C23H24FN5O2. The summed E-state index contributed by atoms with van der Waals surface area (Å²) in [6.45, 7) is 3.59. The van der Waals surface area contributed by atoms with Crippen LogP contribution in [-0.4, -0.2) is 60.8 Å². The number of halogens is 1. The average molecular weight is 421 g/mol. The fraction of sp³-hybridized carbons (Fsp3) is 0.261. The van der Waals surface area contributed by atoms with Crippen molar-refractivity contribution in [1.82, 2.24) is 15.1 Å². The SMILES string of the molecule is CN1CCN(c2ccc(-c3cccc(NC(=O)COc4ccccc4F)c3)nn2)CC1. The molecular weight excluding hydrogens is 397 g/mol. The van der Waals surface area contributed by atoms with Crippen LogP contribution in [0, 0.1) is 5.82 Å². The lowest BCUT2D eigenvalue weighted by atomic mass is 10.1. The summed E-state index contributed by atoms with van der Waals surface area (Å²) < 4.78 is 18.8. The molecule has 31 heavy (non-hydrogen) atoms. The van der Waals surface area contributed by atoms with Crippen molar-refractivity contribution in [2.75, 3.05) is 50.1 Å². The number of piperazine rings is 1. The lowest BCUT2D eigenvalue weighted by Crippen LogP contribution is -2.44. The standard InChI is InChI=1S/C23H24FN5O2/c1-28-11-13-29(14-12-28)22-10-9-20(26-27-22)17-5-4-6-18(15-17)25-23(30)16-31-21-8-3-2-7-19(21)24/h2-10,15H,11-14,16H2,1H3,(H,25,30). The molecule has 1 fully saturated rings. The lowest BCUT2D eigenvalue weighted by Gasteiger charge is -2.32. The molecule has 1 saturated heterocycles. The van der Waals surface area contributed by atoms with Crippen LogP contribution in [-0.2, 0) is 4.79 Å². The number of carbonyl (C=O) groups excluding carboxylic acids is 1. The Morgan fingerprint density at radius 1 is 1.03 bits per heavy atom. The second-order valence-electron chi connectivity index (χ2n) is 7.42. The van der Waals surface area contributed by atoms with E-state index in [0.29, 0.717) is 5.69 Å². The zero-order valence-electron chi connectivity index (χ0n) is 17.3. The number of carbonyl (C=O) groups is 1. The molecule has 1 N–H and O–H groups in total. The Bertz CT molecular complexity index is 1040. The van der Waals surface area contributed by atoms with Crippen LogP contribution in [0.5, 0.6) is 5.75 Å². The Balaban J connectivity index is 1.37. The molecule has 4 rings (SSSR count). The number of aromatic nitrogens is 2. The molecule has 0 atom stereocenters. The Kier molecular flexibility index (Phi) is 6.37. The molecule has 1 aliphatic rings. The van der Waals surface area contributed by atoms with Crippen molar-refractivity contribution >= 4 is 17.4 Å². The Labute approximate surface area is 180 Å². The number of hydrogen-bond donors (Lipinski definition) is 1. The minimum absolute atomic E-state index is 0.0436. The minimum Gasteiger partial charge on any atom is -0.481 e. The fourth-order valence-corrected chi connectivity index (χ4v) is 3.34. The number of likely N-dealkylation sites (N-methyl/N-ethyl adjacent to an activating group) is 1. The van der Waals surface area contributed by atoms with Gasteiger partial charge in [-0.15, -0.1) is 10.2 Å². The summed E-state index contributed by atoms with van der Waals surface area (Å²) in [7, 11) is 2.12. The van der Waals surface area contributed by atoms with E-state index in [4.69, 9.17) is 4.74 Å². The Morgan fingerprint density at radius 3 is 2.58 bits per heavy atom. The van der Waals surface area contributed by atoms with Crippen molar-refractivity contribution < 1.29 is 13.9 Å². The number of rotatable bonds is 6. The first-order valence-electron chi connectivity index (χ1n) is 10.1. The molecule has 1 aromatic heterocycles. The molecule has 1 aliphatic heterocycles. The summed E-state index contributed by atoms with van der Waals surface area (Å²) in [5.74, 6) is 0.0292. The van der Waals surface area contributed by atoms with E-state index in [1.807, 2.05) is 30.3 Å². The number of nitrogens with one attached hydrogen (secondary N) is 1. The molecule has 0 unspecified atom stereocenters. The molecule has 2 heterocycles. The van der Waals surface area contributed by atoms with E-state index in [1.165, 1.54) is 12.1 Å². The molecule has 0 saturated carbocycles. The summed E-state index contributed by atoms with van der Waals surface area (Å²) in [6.07, 6.45) is 0. The van der Waals surface area contributed by atoms with Crippen molar-refractivity contribution in [3.05, 3.63) is 66.5 Å². The van der Waals surface area contributed by atoms with Crippen LogP contribution in [0.3, 0.4) is 0 Å². The van der Waals surface area contributed by atoms with E-state index < -0.39 is 5.82 Å².